The number of ether oxygens (including phenoxy) is 3. The van der Waals surface area contributed by atoms with Gasteiger partial charge in [0.05, 0.1) is 29.2 Å². The maximum atomic E-state index is 13.9. The predicted molar refractivity (Wildman–Crippen MR) is 142 cm³/mol. The lowest BCUT2D eigenvalue weighted by molar-refractivity contribution is -0.233. The summed E-state index contributed by atoms with van der Waals surface area (Å²) in [6.07, 6.45) is -5.82. The van der Waals surface area contributed by atoms with Crippen molar-refractivity contribution in [2.24, 2.45) is 5.16 Å². The fraction of sp³-hybridized carbons (Fsp3) is 0.444. The van der Waals surface area contributed by atoms with Gasteiger partial charge in [0.15, 0.2) is 17.5 Å². The highest BCUT2D eigenvalue weighted by molar-refractivity contribution is 6.30. The summed E-state index contributed by atoms with van der Waals surface area (Å²) in [5, 5.41) is 33.7. The van der Waals surface area contributed by atoms with E-state index in [0.29, 0.717) is 22.7 Å². The van der Waals surface area contributed by atoms with Crippen LogP contribution in [0.25, 0.3) is 11.3 Å². The average molecular weight is 602 g/mol. The maximum Gasteiger partial charge on any atom is 0.194 e. The van der Waals surface area contributed by atoms with E-state index in [1.807, 2.05) is 0 Å². The molecule has 1 aromatic heterocycles. The van der Waals surface area contributed by atoms with Crippen molar-refractivity contribution in [3.63, 3.8) is 0 Å². The Morgan fingerprint density at radius 2 is 1.95 bits per heavy atom. The van der Waals surface area contributed by atoms with Crippen LogP contribution in [0, 0.1) is 17.5 Å². The van der Waals surface area contributed by atoms with Crippen LogP contribution in [0.4, 0.5) is 13.2 Å². The van der Waals surface area contributed by atoms with Gasteiger partial charge in [-0.2, -0.15) is 0 Å². The third-order valence-corrected chi connectivity index (χ3v) is 6.78. The summed E-state index contributed by atoms with van der Waals surface area (Å²) in [6, 6.07) is 6.76. The second-order valence-corrected chi connectivity index (χ2v) is 9.67. The first-order valence-electron chi connectivity index (χ1n) is 14.0. The molecule has 0 bridgehead atoms. The van der Waals surface area contributed by atoms with E-state index in [9.17, 15) is 23.4 Å². The van der Waals surface area contributed by atoms with Crippen LogP contribution in [0.15, 0.2) is 47.8 Å². The highest BCUT2D eigenvalue weighted by atomic mass is 35.5. The van der Waals surface area contributed by atoms with E-state index >= 15 is 0 Å². The number of aliphatic hydroxyl groups excluding tert-OH is 2. The summed E-state index contributed by atoms with van der Waals surface area (Å²) in [4.78, 5) is 5.21. The van der Waals surface area contributed by atoms with Crippen molar-refractivity contribution >= 4 is 17.3 Å². The van der Waals surface area contributed by atoms with Crippen LogP contribution < -0.4 is 0 Å². The second-order valence-electron chi connectivity index (χ2n) is 9.23. The number of hydrogen-bond acceptors (Lipinski definition) is 9. The van der Waals surface area contributed by atoms with Gasteiger partial charge in [0.2, 0.25) is 0 Å². The molecule has 0 radical (unpaired) electrons. The Bertz CT molecular complexity index is 1430. The molecule has 0 amide bonds. The van der Waals surface area contributed by atoms with E-state index in [0.717, 1.165) is 10.9 Å². The molecule has 1 aliphatic rings. The zero-order chi connectivity index (χ0) is 32.2. The van der Waals surface area contributed by atoms with Crippen LogP contribution in [0.5, 0.6) is 0 Å². The molecular weight excluding hydrogens is 569 g/mol. The van der Waals surface area contributed by atoms with Crippen LogP contribution >= 0.6 is 11.6 Å². The minimum Gasteiger partial charge on any atom is -0.396 e. The third-order valence-electron chi connectivity index (χ3n) is 6.53. The summed E-state index contributed by atoms with van der Waals surface area (Å²) in [7, 11) is -3.03. The van der Waals surface area contributed by atoms with Gasteiger partial charge < -0.3 is 29.3 Å². The Morgan fingerprint density at radius 3 is 2.59 bits per heavy atom. The van der Waals surface area contributed by atoms with Crippen molar-refractivity contribution in [2.45, 2.75) is 57.0 Å². The number of methoxy groups -OCH3 is 1. The van der Waals surface area contributed by atoms with Crippen molar-refractivity contribution in [2.75, 3.05) is 20.3 Å². The summed E-state index contributed by atoms with van der Waals surface area (Å²) in [5.74, 6) is -4.60. The van der Waals surface area contributed by atoms with Crippen LogP contribution in [0.3, 0.4) is 0 Å². The van der Waals surface area contributed by atoms with E-state index < -0.39 is 67.7 Å². The van der Waals surface area contributed by atoms with E-state index in [4.69, 9.17) is 34.8 Å². The molecule has 0 spiro atoms. The molecular formula is C27H30ClF3N4O6. The standard InChI is InChI=1S/C27H30ClF3N4O6/c1-4-40-33-14(2)25(39-13-15-5-7-17(28)8-6-15)27-26(38-3)23(24(37)21(12-36)41-27)35-11-20(32-34-35)16-9-18(29)22(31)19(30)10-16/h5-11,21,23-27,36-37H,4,12-13H2,1-3H3/b33-14+/t21?,23-,24-,25+,26?,27-/m0/s1/i3D3. The lowest BCUT2D eigenvalue weighted by Crippen LogP contribution is -2.61. The summed E-state index contributed by atoms with van der Waals surface area (Å²) in [5.41, 5.74) is 0.605. The first kappa shape index (κ1) is 26.8. The molecule has 2 N–H and O–H groups in total. The Labute approximate surface area is 243 Å². The number of oxime groups is 1. The molecule has 1 aliphatic heterocycles. The Kier molecular flexibility index (Phi) is 8.98. The molecule has 222 valence electrons. The van der Waals surface area contributed by atoms with E-state index in [1.54, 1.807) is 38.1 Å². The third kappa shape index (κ3) is 6.88. The number of nitrogens with zero attached hydrogens (tertiary/aromatic N) is 4. The summed E-state index contributed by atoms with van der Waals surface area (Å²) in [6.45, 7) is 2.73. The lowest BCUT2D eigenvalue weighted by atomic mass is 9.88. The highest BCUT2D eigenvalue weighted by Gasteiger charge is 2.50. The molecule has 6 atom stereocenters. The van der Waals surface area contributed by atoms with E-state index in [1.165, 1.54) is 0 Å². The predicted octanol–water partition coefficient (Wildman–Crippen LogP) is 3.69. The van der Waals surface area contributed by atoms with Gasteiger partial charge in [-0.3, -0.25) is 0 Å². The molecule has 2 unspecified atom stereocenters. The maximum absolute atomic E-state index is 13.9. The smallest absolute Gasteiger partial charge is 0.194 e. The van der Waals surface area contributed by atoms with Gasteiger partial charge in [-0.05, 0) is 43.7 Å². The van der Waals surface area contributed by atoms with E-state index in [2.05, 4.69) is 15.5 Å². The topological polar surface area (TPSA) is 120 Å². The molecule has 10 nitrogen and oxygen atoms in total. The van der Waals surface area contributed by atoms with Crippen molar-refractivity contribution in [3.05, 3.63) is 70.6 Å². The molecule has 1 saturated heterocycles. The van der Waals surface area contributed by atoms with Crippen molar-refractivity contribution in [3.8, 4) is 11.3 Å². The van der Waals surface area contributed by atoms with Gasteiger partial charge in [-0.25, -0.2) is 17.9 Å². The fourth-order valence-corrected chi connectivity index (χ4v) is 4.63. The molecule has 0 aliphatic carbocycles. The number of rotatable bonds is 11. The van der Waals surface area contributed by atoms with Crippen LogP contribution in [-0.2, 0) is 25.7 Å². The van der Waals surface area contributed by atoms with Gasteiger partial charge in [-0.1, -0.05) is 34.1 Å². The zero-order valence-corrected chi connectivity index (χ0v) is 22.7. The number of halogens is 4. The zero-order valence-electron chi connectivity index (χ0n) is 25.0. The number of aliphatic hydroxyl groups is 2. The molecule has 1 fully saturated rings. The van der Waals surface area contributed by atoms with Crippen molar-refractivity contribution in [1.29, 1.82) is 0 Å². The van der Waals surface area contributed by atoms with Gasteiger partial charge >= 0.3 is 0 Å². The summed E-state index contributed by atoms with van der Waals surface area (Å²) >= 11 is 5.99. The first-order valence-corrected chi connectivity index (χ1v) is 12.9. The van der Waals surface area contributed by atoms with Crippen LogP contribution in [0.2, 0.25) is 5.02 Å². The van der Waals surface area contributed by atoms with Gasteiger partial charge in [0.1, 0.15) is 48.9 Å². The lowest BCUT2D eigenvalue weighted by Gasteiger charge is -2.45. The molecule has 41 heavy (non-hydrogen) atoms. The number of hydrogen-bond donors (Lipinski definition) is 2. The van der Waals surface area contributed by atoms with Gasteiger partial charge in [0, 0.05) is 17.6 Å². The Morgan fingerprint density at radius 1 is 1.24 bits per heavy atom. The van der Waals surface area contributed by atoms with Crippen molar-refractivity contribution < 1.29 is 46.5 Å². The Balaban J connectivity index is 1.78. The minimum absolute atomic E-state index is 0.0205. The van der Waals surface area contributed by atoms with Gasteiger partial charge in [-0.15, -0.1) is 5.10 Å². The second kappa shape index (κ2) is 13.7. The molecule has 2 aromatic carbocycles. The normalized spacial score (nSPS) is 25.3. The molecule has 3 aromatic rings. The van der Waals surface area contributed by atoms with E-state index in [-0.39, 0.29) is 30.2 Å². The minimum atomic E-state index is -3.03. The SMILES string of the molecule is [2H]C([2H])([2H])OC1[C@H]([C@H](OCc2ccc(Cl)cc2)/C(C)=N/OCC)OC(CO)[C@H](O)[C@@H]1n1cc(-c2cc(F)c(F)c(F)c2)nn1. The van der Waals surface area contributed by atoms with Gasteiger partial charge in [0.25, 0.3) is 0 Å². The monoisotopic (exact) mass is 601 g/mol. The average Bonchev–Trinajstić information content (AvgIpc) is 3.45. The molecule has 2 heterocycles. The Hall–Kier alpha value is -3.07. The number of benzene rings is 2. The summed E-state index contributed by atoms with van der Waals surface area (Å²) < 4.78 is 83.6. The first-order chi connectivity index (χ1) is 20.8. The number of aromatic nitrogens is 3. The molecule has 14 heteroatoms. The van der Waals surface area contributed by atoms with Crippen molar-refractivity contribution in [1.82, 2.24) is 15.0 Å². The molecule has 4 rings (SSSR count). The highest BCUT2D eigenvalue weighted by Crippen LogP contribution is 2.35. The van der Waals surface area contributed by atoms with Crippen LogP contribution in [0.1, 0.15) is 29.6 Å². The molecule has 0 saturated carbocycles. The fourth-order valence-electron chi connectivity index (χ4n) is 4.50. The quantitative estimate of drug-likeness (QED) is 0.194. The largest absolute Gasteiger partial charge is 0.396 e. The van der Waals surface area contributed by atoms with Crippen LogP contribution in [-0.4, -0.2) is 81.7 Å².